The summed E-state index contributed by atoms with van der Waals surface area (Å²) in [5, 5.41) is 75.7. The third-order valence-corrected chi connectivity index (χ3v) is 10.1. The Labute approximate surface area is 284 Å². The van der Waals surface area contributed by atoms with Crippen LogP contribution in [0.4, 0.5) is 5.69 Å². The van der Waals surface area contributed by atoms with E-state index in [0.717, 1.165) is 12.2 Å². The molecule has 6 rings (SSSR count). The van der Waals surface area contributed by atoms with E-state index in [0.29, 0.717) is 11.1 Å². The molecule has 0 bridgehead atoms. The van der Waals surface area contributed by atoms with Crippen molar-refractivity contribution in [1.82, 2.24) is 0 Å². The van der Waals surface area contributed by atoms with Gasteiger partial charge in [-0.1, -0.05) is 11.6 Å². The van der Waals surface area contributed by atoms with E-state index in [1.54, 1.807) is 13.0 Å². The topological polar surface area (TPSA) is 248 Å². The highest BCUT2D eigenvalue weighted by Crippen LogP contribution is 2.63. The van der Waals surface area contributed by atoms with E-state index in [4.69, 9.17) is 4.74 Å². The Hall–Kier alpha value is -4.99. The minimum Gasteiger partial charge on any atom is -0.494 e. The first kappa shape index (κ1) is 34.9. The highest BCUT2D eigenvalue weighted by Gasteiger charge is 2.52. The number of carbonyl (C=O) groups is 5. The number of carboxylic acids is 2. The number of aliphatic hydroxyl groups is 5. The Kier molecular flexibility index (Phi) is 8.87. The van der Waals surface area contributed by atoms with Crippen molar-refractivity contribution in [3.8, 4) is 5.75 Å². The Balaban J connectivity index is 1.90. The fourth-order valence-electron chi connectivity index (χ4n) is 8.14. The van der Waals surface area contributed by atoms with Crippen LogP contribution < -0.4 is 10.1 Å². The van der Waals surface area contributed by atoms with Crippen LogP contribution in [0.2, 0.25) is 0 Å². The first-order chi connectivity index (χ1) is 23.8. The minimum absolute atomic E-state index is 0.0806. The zero-order chi connectivity index (χ0) is 36.5. The minimum atomic E-state index is -1.68. The van der Waals surface area contributed by atoms with Gasteiger partial charge in [-0.3, -0.25) is 19.2 Å². The molecular weight excluding hydrogens is 654 g/mol. The summed E-state index contributed by atoms with van der Waals surface area (Å²) in [6.07, 6.45) is 1.79. The molecule has 5 atom stereocenters. The van der Waals surface area contributed by atoms with Gasteiger partial charge in [-0.05, 0) is 77.0 Å². The zero-order valence-corrected chi connectivity index (χ0v) is 27.2. The number of rotatable bonds is 12. The Morgan fingerprint density at radius 2 is 1.50 bits per heavy atom. The predicted molar refractivity (Wildman–Crippen MR) is 175 cm³/mol. The fourth-order valence-corrected chi connectivity index (χ4v) is 8.14. The monoisotopic (exact) mass is 689 g/mol. The molecule has 5 unspecified atom stereocenters. The summed E-state index contributed by atoms with van der Waals surface area (Å²) >= 11 is 0. The van der Waals surface area contributed by atoms with Crippen LogP contribution in [0.5, 0.6) is 5.75 Å². The molecule has 0 saturated carbocycles. The number of ketones is 3. The number of aliphatic hydroxyl groups excluding tert-OH is 5. The van der Waals surface area contributed by atoms with Crippen molar-refractivity contribution in [2.45, 2.75) is 44.2 Å². The first-order valence-electron chi connectivity index (χ1n) is 15.8. The van der Waals surface area contributed by atoms with Gasteiger partial charge in [0.1, 0.15) is 23.7 Å². The second-order valence-electron chi connectivity index (χ2n) is 12.8. The molecule has 1 aromatic carbocycles. The molecular formula is C36H35NO13. The summed E-state index contributed by atoms with van der Waals surface area (Å²) in [7, 11) is 1.26. The summed E-state index contributed by atoms with van der Waals surface area (Å²) in [6, 6.07) is -1.64. The number of hydrogen-bond donors (Lipinski definition) is 8. The van der Waals surface area contributed by atoms with Crippen molar-refractivity contribution >= 4 is 40.5 Å². The van der Waals surface area contributed by atoms with Gasteiger partial charge in [0.05, 0.1) is 56.6 Å². The highest BCUT2D eigenvalue weighted by molar-refractivity contribution is 6.22. The molecule has 5 aliphatic carbocycles. The lowest BCUT2D eigenvalue weighted by Crippen LogP contribution is -2.38. The van der Waals surface area contributed by atoms with Crippen LogP contribution in [-0.2, 0) is 19.2 Å². The van der Waals surface area contributed by atoms with Gasteiger partial charge < -0.3 is 45.8 Å². The van der Waals surface area contributed by atoms with Crippen LogP contribution in [0.25, 0.3) is 5.57 Å². The molecule has 0 fully saturated rings. The molecule has 0 radical (unpaired) electrons. The molecule has 0 spiro atoms. The van der Waals surface area contributed by atoms with Gasteiger partial charge in [-0.25, -0.2) is 4.79 Å². The number of ether oxygens (including phenoxy) is 1. The SMILES string of the molecule is COc1c(NC(CO)C(=O)O)c2c3c4c1C(C(C)=O)C(C)=CC1=C(CC(CO)C(=O)O)C(O)C5=C(C(=C3C(CO)=CC2=O)C(CO)=CC5=O)C14. The summed E-state index contributed by atoms with van der Waals surface area (Å²) in [5.41, 5.74) is 1.82. The van der Waals surface area contributed by atoms with E-state index in [-0.39, 0.29) is 72.7 Å². The predicted octanol–water partition coefficient (Wildman–Crippen LogP) is 0.703. The largest absolute Gasteiger partial charge is 0.494 e. The number of Topliss-reactive ketones (excluding diaryl/α,β-unsaturated/α-hetero) is 1. The first-order valence-corrected chi connectivity index (χ1v) is 15.8. The van der Waals surface area contributed by atoms with Gasteiger partial charge >= 0.3 is 11.9 Å². The second kappa shape index (κ2) is 12.7. The van der Waals surface area contributed by atoms with E-state index < -0.39 is 92.0 Å². The van der Waals surface area contributed by atoms with Crippen LogP contribution in [-0.4, -0.2) is 111 Å². The maximum absolute atomic E-state index is 14.1. The number of carboxylic acid groups (broad SMARTS) is 2. The molecule has 50 heavy (non-hydrogen) atoms. The number of carbonyl (C=O) groups excluding carboxylic acids is 3. The molecule has 14 nitrogen and oxygen atoms in total. The molecule has 1 aromatic rings. The molecule has 8 N–H and O–H groups in total. The van der Waals surface area contributed by atoms with Crippen molar-refractivity contribution in [2.75, 3.05) is 38.9 Å². The molecule has 0 heterocycles. The zero-order valence-electron chi connectivity index (χ0n) is 27.2. The fraction of sp³-hybridized carbons (Fsp3) is 0.361. The summed E-state index contributed by atoms with van der Waals surface area (Å²) in [4.78, 5) is 66.0. The molecule has 262 valence electrons. The highest BCUT2D eigenvalue weighted by atomic mass is 16.5. The van der Waals surface area contributed by atoms with Gasteiger partial charge in [0.2, 0.25) is 0 Å². The van der Waals surface area contributed by atoms with Crippen LogP contribution >= 0.6 is 0 Å². The Morgan fingerprint density at radius 3 is 2.04 bits per heavy atom. The molecule has 14 heteroatoms. The molecule has 0 saturated heterocycles. The normalized spacial score (nSPS) is 23.0. The average Bonchev–Trinajstić information content (AvgIpc) is 3.20. The molecule has 0 aromatic heterocycles. The number of methoxy groups -OCH3 is 1. The van der Waals surface area contributed by atoms with Crippen molar-refractivity contribution in [1.29, 1.82) is 0 Å². The molecule has 0 amide bonds. The van der Waals surface area contributed by atoms with Crippen LogP contribution in [0.1, 0.15) is 59.2 Å². The van der Waals surface area contributed by atoms with Crippen LogP contribution in [0.3, 0.4) is 0 Å². The lowest BCUT2D eigenvalue weighted by molar-refractivity contribution is -0.143. The van der Waals surface area contributed by atoms with E-state index in [2.05, 4.69) is 5.32 Å². The number of nitrogens with one attached hydrogen (secondary N) is 1. The van der Waals surface area contributed by atoms with Gasteiger partial charge in [-0.2, -0.15) is 0 Å². The van der Waals surface area contributed by atoms with E-state index in [9.17, 15) is 59.7 Å². The number of allylic oxidation sites excluding steroid dienone is 6. The van der Waals surface area contributed by atoms with Gasteiger partial charge in [0, 0.05) is 22.6 Å². The van der Waals surface area contributed by atoms with Crippen molar-refractivity contribution < 1.29 is 64.5 Å². The Morgan fingerprint density at radius 1 is 0.860 bits per heavy atom. The standard InChI is InChI=1S/C36H35NO13/c1-12-4-17-18(5-16(10-40)35(46)47)33(45)27-21(44)7-15(9-39)23-24-14(8-38)6-20(43)26-29(24)30(25(17)28(23)27)31(22(12)13(2)42)34(50-3)32(26)37-19(11-41)36(48)49/h4,6-7,16,19,22,25,33,37-41,45H,5,8-11H2,1-3H3,(H,46,47)(H,48,49). The lowest BCUT2D eigenvalue weighted by atomic mass is 9.58. The van der Waals surface area contributed by atoms with Crippen molar-refractivity contribution in [3.63, 3.8) is 0 Å². The quantitative estimate of drug-likeness (QED) is 0.151. The summed E-state index contributed by atoms with van der Waals surface area (Å²) < 4.78 is 5.90. The third kappa shape index (κ3) is 4.86. The third-order valence-electron chi connectivity index (χ3n) is 10.1. The maximum Gasteiger partial charge on any atom is 0.328 e. The number of benzene rings is 1. The van der Waals surface area contributed by atoms with E-state index in [1.165, 1.54) is 14.0 Å². The van der Waals surface area contributed by atoms with Crippen molar-refractivity contribution in [3.05, 3.63) is 85.1 Å². The van der Waals surface area contributed by atoms with Gasteiger partial charge in [0.25, 0.3) is 0 Å². The van der Waals surface area contributed by atoms with Gasteiger partial charge in [-0.15, -0.1) is 0 Å². The van der Waals surface area contributed by atoms with Crippen LogP contribution in [0.15, 0.2) is 62.8 Å². The molecule has 0 aliphatic heterocycles. The summed E-state index contributed by atoms with van der Waals surface area (Å²) in [5.74, 6) is -8.27. The lowest BCUT2D eigenvalue weighted by Gasteiger charge is -2.45. The molecule has 5 aliphatic rings. The maximum atomic E-state index is 14.1. The Bertz CT molecular complexity index is 2010. The van der Waals surface area contributed by atoms with E-state index in [1.807, 2.05) is 0 Å². The summed E-state index contributed by atoms with van der Waals surface area (Å²) in [6.45, 7) is -0.123. The second-order valence-corrected chi connectivity index (χ2v) is 12.8. The average molecular weight is 690 g/mol. The van der Waals surface area contributed by atoms with Gasteiger partial charge in [0.15, 0.2) is 11.6 Å². The number of aliphatic carboxylic acids is 2. The number of hydrogen-bond acceptors (Lipinski definition) is 12. The van der Waals surface area contributed by atoms with Crippen molar-refractivity contribution in [2.24, 2.45) is 5.92 Å². The van der Waals surface area contributed by atoms with Crippen LogP contribution in [0, 0.1) is 5.92 Å². The number of anilines is 1. The smallest absolute Gasteiger partial charge is 0.328 e. The van der Waals surface area contributed by atoms with E-state index >= 15 is 0 Å².